The lowest BCUT2D eigenvalue weighted by Crippen LogP contribution is -2.40. The molecule has 1 atom stereocenters. The van der Waals surface area contributed by atoms with Crippen LogP contribution in [0.4, 0.5) is 0 Å². The summed E-state index contributed by atoms with van der Waals surface area (Å²) in [5.74, 6) is 0.797. The molecule has 0 spiro atoms. The number of thioether (sulfide) groups is 1. The maximum Gasteiger partial charge on any atom is 0.222 e. The molecule has 1 aromatic heterocycles. The van der Waals surface area contributed by atoms with Gasteiger partial charge in [0.25, 0.3) is 0 Å². The fraction of sp³-hybridized carbons (Fsp3) is 0.500. The number of rotatable bonds is 4. The van der Waals surface area contributed by atoms with E-state index in [0.29, 0.717) is 23.5 Å². The fourth-order valence-electron chi connectivity index (χ4n) is 3.92. The second-order valence-corrected chi connectivity index (χ2v) is 9.10. The molecule has 6 heteroatoms. The Morgan fingerprint density at radius 3 is 2.69 bits per heavy atom. The van der Waals surface area contributed by atoms with Crippen molar-refractivity contribution in [3.63, 3.8) is 0 Å². The summed E-state index contributed by atoms with van der Waals surface area (Å²) in [6.07, 6.45) is 8.71. The Balaban J connectivity index is 1.24. The number of carbonyl (C=O) groups excluding carboxylic acids is 1. The SMILES string of the molecule is O=C(CC1CCn2cncc2C1)N1CCC(Sc2ccc(Cl)cc2)CC1. The molecule has 2 aliphatic heterocycles. The van der Waals surface area contributed by atoms with Crippen molar-refractivity contribution in [2.75, 3.05) is 13.1 Å². The van der Waals surface area contributed by atoms with Gasteiger partial charge in [0.2, 0.25) is 5.91 Å². The number of imidazole rings is 1. The first-order valence-corrected chi connectivity index (χ1v) is 10.6. The number of amides is 1. The Labute approximate surface area is 163 Å². The average molecular weight is 390 g/mol. The van der Waals surface area contributed by atoms with Gasteiger partial charge in [-0.15, -0.1) is 11.8 Å². The highest BCUT2D eigenvalue weighted by Crippen LogP contribution is 2.32. The third-order valence-electron chi connectivity index (χ3n) is 5.45. The van der Waals surface area contributed by atoms with E-state index in [1.54, 1.807) is 0 Å². The zero-order chi connectivity index (χ0) is 17.9. The van der Waals surface area contributed by atoms with Crippen LogP contribution < -0.4 is 0 Å². The zero-order valence-corrected chi connectivity index (χ0v) is 16.4. The van der Waals surface area contributed by atoms with E-state index in [1.165, 1.54) is 10.6 Å². The smallest absolute Gasteiger partial charge is 0.222 e. The first-order valence-electron chi connectivity index (χ1n) is 9.36. The van der Waals surface area contributed by atoms with Crippen LogP contribution >= 0.6 is 23.4 Å². The lowest BCUT2D eigenvalue weighted by atomic mass is 9.92. The van der Waals surface area contributed by atoms with Crippen LogP contribution in [0.25, 0.3) is 0 Å². The number of halogens is 1. The number of fused-ring (bicyclic) bond motifs is 1. The predicted octanol–water partition coefficient (Wildman–Crippen LogP) is 4.27. The molecule has 138 valence electrons. The van der Waals surface area contributed by atoms with Gasteiger partial charge < -0.3 is 9.47 Å². The van der Waals surface area contributed by atoms with Gasteiger partial charge in [0.1, 0.15) is 0 Å². The maximum absolute atomic E-state index is 12.7. The van der Waals surface area contributed by atoms with Crippen molar-refractivity contribution in [1.82, 2.24) is 14.5 Å². The van der Waals surface area contributed by atoms with Crippen LogP contribution in [-0.4, -0.2) is 38.7 Å². The molecule has 3 heterocycles. The Bertz CT molecular complexity index is 753. The molecule has 0 N–H and O–H groups in total. The van der Waals surface area contributed by atoms with E-state index in [-0.39, 0.29) is 0 Å². The minimum atomic E-state index is 0.331. The third-order valence-corrected chi connectivity index (χ3v) is 7.05. The topological polar surface area (TPSA) is 38.1 Å². The van der Waals surface area contributed by atoms with Crippen LogP contribution in [0.5, 0.6) is 0 Å². The molecule has 1 unspecified atom stereocenters. The Hall–Kier alpha value is -1.46. The number of aromatic nitrogens is 2. The lowest BCUT2D eigenvalue weighted by molar-refractivity contribution is -0.133. The van der Waals surface area contributed by atoms with E-state index in [4.69, 9.17) is 11.6 Å². The van der Waals surface area contributed by atoms with E-state index in [0.717, 1.165) is 50.3 Å². The molecule has 1 aromatic carbocycles. The van der Waals surface area contributed by atoms with Gasteiger partial charge in [-0.2, -0.15) is 0 Å². The number of benzene rings is 1. The Morgan fingerprint density at radius 1 is 1.15 bits per heavy atom. The van der Waals surface area contributed by atoms with Crippen molar-refractivity contribution < 1.29 is 4.79 Å². The monoisotopic (exact) mass is 389 g/mol. The number of hydrogen-bond acceptors (Lipinski definition) is 3. The molecule has 1 saturated heterocycles. The molecule has 4 rings (SSSR count). The van der Waals surface area contributed by atoms with Crippen LogP contribution in [-0.2, 0) is 17.8 Å². The zero-order valence-electron chi connectivity index (χ0n) is 14.8. The molecule has 2 aromatic rings. The normalized spacial score (nSPS) is 20.8. The van der Waals surface area contributed by atoms with Crippen molar-refractivity contribution in [2.45, 2.75) is 48.8 Å². The van der Waals surface area contributed by atoms with E-state index in [2.05, 4.69) is 26.6 Å². The molecule has 1 fully saturated rings. The van der Waals surface area contributed by atoms with Crippen LogP contribution in [0.1, 0.15) is 31.4 Å². The molecule has 0 bridgehead atoms. The molecular formula is C20H24ClN3OS. The number of likely N-dealkylation sites (tertiary alicyclic amines) is 1. The fourth-order valence-corrected chi connectivity index (χ4v) is 5.17. The van der Waals surface area contributed by atoms with Crippen LogP contribution in [0.3, 0.4) is 0 Å². The first kappa shape index (κ1) is 17.9. The Morgan fingerprint density at radius 2 is 1.92 bits per heavy atom. The van der Waals surface area contributed by atoms with Crippen LogP contribution in [0.15, 0.2) is 41.7 Å². The van der Waals surface area contributed by atoms with Crippen molar-refractivity contribution in [3.8, 4) is 0 Å². The molecule has 26 heavy (non-hydrogen) atoms. The summed E-state index contributed by atoms with van der Waals surface area (Å²) in [6, 6.07) is 8.05. The molecule has 2 aliphatic rings. The number of carbonyl (C=O) groups is 1. The summed E-state index contributed by atoms with van der Waals surface area (Å²) in [4.78, 5) is 20.3. The summed E-state index contributed by atoms with van der Waals surface area (Å²) in [6.45, 7) is 2.76. The minimum Gasteiger partial charge on any atom is -0.343 e. The van der Waals surface area contributed by atoms with Crippen molar-refractivity contribution in [1.29, 1.82) is 0 Å². The highest BCUT2D eigenvalue weighted by molar-refractivity contribution is 8.00. The Kier molecular flexibility index (Phi) is 5.55. The minimum absolute atomic E-state index is 0.331. The van der Waals surface area contributed by atoms with E-state index < -0.39 is 0 Å². The van der Waals surface area contributed by atoms with Gasteiger partial charge in [0.15, 0.2) is 0 Å². The maximum atomic E-state index is 12.7. The van der Waals surface area contributed by atoms with Crippen LogP contribution in [0, 0.1) is 5.92 Å². The molecule has 0 aliphatic carbocycles. The van der Waals surface area contributed by atoms with Gasteiger partial charge in [-0.25, -0.2) is 4.98 Å². The van der Waals surface area contributed by atoms with Gasteiger partial charge >= 0.3 is 0 Å². The van der Waals surface area contributed by atoms with Crippen molar-refractivity contribution >= 4 is 29.3 Å². The van der Waals surface area contributed by atoms with E-state index in [1.807, 2.05) is 36.4 Å². The predicted molar refractivity (Wildman–Crippen MR) is 106 cm³/mol. The van der Waals surface area contributed by atoms with Gasteiger partial charge in [-0.1, -0.05) is 11.6 Å². The van der Waals surface area contributed by atoms with Gasteiger partial charge in [-0.05, 0) is 55.9 Å². The first-order chi connectivity index (χ1) is 12.7. The summed E-state index contributed by atoms with van der Waals surface area (Å²) in [7, 11) is 0. The standard InChI is InChI=1S/C20H24ClN3OS/c21-16-1-3-18(4-2-16)26-19-6-9-23(10-7-19)20(25)12-15-5-8-24-14-22-13-17(24)11-15/h1-4,13-15,19H,5-12H2. The summed E-state index contributed by atoms with van der Waals surface area (Å²) in [5.41, 5.74) is 1.27. The van der Waals surface area contributed by atoms with E-state index in [9.17, 15) is 4.79 Å². The average Bonchev–Trinajstić information content (AvgIpc) is 3.12. The third kappa shape index (κ3) is 4.26. The number of nitrogens with zero attached hydrogens (tertiary/aromatic N) is 3. The summed E-state index contributed by atoms with van der Waals surface area (Å²) in [5, 5.41) is 1.37. The van der Waals surface area contributed by atoms with Crippen molar-refractivity contribution in [2.24, 2.45) is 5.92 Å². The highest BCUT2D eigenvalue weighted by Gasteiger charge is 2.27. The highest BCUT2D eigenvalue weighted by atomic mass is 35.5. The molecular weight excluding hydrogens is 366 g/mol. The second-order valence-electron chi connectivity index (χ2n) is 7.29. The summed E-state index contributed by atoms with van der Waals surface area (Å²) >= 11 is 7.86. The second kappa shape index (κ2) is 8.05. The van der Waals surface area contributed by atoms with Gasteiger partial charge in [0, 0.05) is 53.1 Å². The molecule has 0 saturated carbocycles. The summed E-state index contributed by atoms with van der Waals surface area (Å²) < 4.78 is 2.21. The van der Waals surface area contributed by atoms with Crippen LogP contribution in [0.2, 0.25) is 5.02 Å². The van der Waals surface area contributed by atoms with Gasteiger partial charge in [0.05, 0.1) is 6.33 Å². The van der Waals surface area contributed by atoms with Gasteiger partial charge in [-0.3, -0.25) is 4.79 Å². The quantitative estimate of drug-likeness (QED) is 0.783. The number of piperidine rings is 1. The lowest BCUT2D eigenvalue weighted by Gasteiger charge is -2.33. The molecule has 1 amide bonds. The molecule has 0 radical (unpaired) electrons. The number of hydrogen-bond donors (Lipinski definition) is 0. The molecule has 4 nitrogen and oxygen atoms in total. The van der Waals surface area contributed by atoms with Crippen molar-refractivity contribution in [3.05, 3.63) is 47.5 Å². The van der Waals surface area contributed by atoms with E-state index >= 15 is 0 Å². The number of aryl methyl sites for hydroxylation is 1. The largest absolute Gasteiger partial charge is 0.343 e.